The summed E-state index contributed by atoms with van der Waals surface area (Å²) in [5.41, 5.74) is 3.31. The average molecular weight is 359 g/mol. The maximum absolute atomic E-state index is 12.7. The SMILES string of the molecule is CCN1CCN(C(=O)c2cc(Nc3cc(Cl)ccc3C)ccn2)CC1. The van der Waals surface area contributed by atoms with E-state index in [4.69, 9.17) is 11.6 Å². The van der Waals surface area contributed by atoms with Crippen molar-refractivity contribution in [3.63, 3.8) is 0 Å². The van der Waals surface area contributed by atoms with Crippen LogP contribution in [-0.4, -0.2) is 53.4 Å². The molecule has 0 spiro atoms. The molecule has 132 valence electrons. The Kier molecular flexibility index (Phi) is 5.56. The van der Waals surface area contributed by atoms with E-state index in [-0.39, 0.29) is 5.91 Å². The lowest BCUT2D eigenvalue weighted by Gasteiger charge is -2.33. The maximum atomic E-state index is 12.7. The molecule has 1 N–H and O–H groups in total. The van der Waals surface area contributed by atoms with E-state index in [9.17, 15) is 4.79 Å². The van der Waals surface area contributed by atoms with Crippen LogP contribution in [0.2, 0.25) is 5.02 Å². The van der Waals surface area contributed by atoms with Crippen LogP contribution in [0.4, 0.5) is 11.4 Å². The molecule has 1 amide bonds. The van der Waals surface area contributed by atoms with Gasteiger partial charge < -0.3 is 15.1 Å². The molecule has 1 aromatic carbocycles. The summed E-state index contributed by atoms with van der Waals surface area (Å²) in [6.07, 6.45) is 1.66. The minimum Gasteiger partial charge on any atom is -0.355 e. The number of benzene rings is 1. The Hall–Kier alpha value is -2.11. The van der Waals surface area contributed by atoms with Gasteiger partial charge in [-0.1, -0.05) is 24.6 Å². The van der Waals surface area contributed by atoms with E-state index < -0.39 is 0 Å². The van der Waals surface area contributed by atoms with Crippen LogP contribution in [0.25, 0.3) is 0 Å². The molecular weight excluding hydrogens is 336 g/mol. The summed E-state index contributed by atoms with van der Waals surface area (Å²) in [6.45, 7) is 8.52. The van der Waals surface area contributed by atoms with Crippen molar-refractivity contribution in [3.05, 3.63) is 52.8 Å². The predicted octanol–water partition coefficient (Wildman–Crippen LogP) is 3.56. The number of halogens is 1. The van der Waals surface area contributed by atoms with Gasteiger partial charge in [-0.15, -0.1) is 0 Å². The quantitative estimate of drug-likeness (QED) is 0.907. The Morgan fingerprint density at radius 1 is 1.20 bits per heavy atom. The molecule has 1 aliphatic heterocycles. The zero-order chi connectivity index (χ0) is 17.8. The second-order valence-electron chi connectivity index (χ2n) is 6.24. The van der Waals surface area contributed by atoms with Gasteiger partial charge in [-0.3, -0.25) is 9.78 Å². The molecule has 0 saturated carbocycles. The molecule has 6 heteroatoms. The van der Waals surface area contributed by atoms with Crippen LogP contribution in [0.5, 0.6) is 0 Å². The molecule has 0 radical (unpaired) electrons. The molecule has 1 fully saturated rings. The first-order chi connectivity index (χ1) is 12.1. The molecule has 2 heterocycles. The van der Waals surface area contributed by atoms with Gasteiger partial charge in [0.15, 0.2) is 0 Å². The third-order valence-corrected chi connectivity index (χ3v) is 4.80. The Balaban J connectivity index is 1.73. The van der Waals surface area contributed by atoms with Gasteiger partial charge in [-0.2, -0.15) is 0 Å². The highest BCUT2D eigenvalue weighted by molar-refractivity contribution is 6.30. The van der Waals surface area contributed by atoms with Gasteiger partial charge >= 0.3 is 0 Å². The highest BCUT2D eigenvalue weighted by atomic mass is 35.5. The first kappa shape index (κ1) is 17.7. The molecule has 5 nitrogen and oxygen atoms in total. The van der Waals surface area contributed by atoms with Gasteiger partial charge in [-0.05, 0) is 43.3 Å². The van der Waals surface area contributed by atoms with Gasteiger partial charge in [0.2, 0.25) is 0 Å². The van der Waals surface area contributed by atoms with Crippen molar-refractivity contribution >= 4 is 28.9 Å². The number of anilines is 2. The van der Waals surface area contributed by atoms with E-state index >= 15 is 0 Å². The number of nitrogens with zero attached hydrogens (tertiary/aromatic N) is 3. The third kappa shape index (κ3) is 4.30. The summed E-state index contributed by atoms with van der Waals surface area (Å²) >= 11 is 6.07. The number of likely N-dealkylation sites (N-methyl/N-ethyl adjacent to an activating group) is 1. The highest BCUT2D eigenvalue weighted by Gasteiger charge is 2.22. The van der Waals surface area contributed by atoms with E-state index in [1.165, 1.54) is 0 Å². The van der Waals surface area contributed by atoms with Crippen LogP contribution >= 0.6 is 11.6 Å². The summed E-state index contributed by atoms with van der Waals surface area (Å²) in [7, 11) is 0. The molecule has 1 saturated heterocycles. The van der Waals surface area contributed by atoms with Gasteiger partial charge in [0, 0.05) is 48.8 Å². The Bertz CT molecular complexity index is 757. The van der Waals surface area contributed by atoms with Crippen LogP contribution in [0, 0.1) is 6.92 Å². The second-order valence-corrected chi connectivity index (χ2v) is 6.68. The molecule has 1 aliphatic rings. The molecule has 0 bridgehead atoms. The maximum Gasteiger partial charge on any atom is 0.272 e. The van der Waals surface area contributed by atoms with Crippen molar-refractivity contribution in [3.8, 4) is 0 Å². The van der Waals surface area contributed by atoms with Gasteiger partial charge in [0.05, 0.1) is 0 Å². The average Bonchev–Trinajstić information content (AvgIpc) is 2.64. The van der Waals surface area contributed by atoms with Crippen molar-refractivity contribution < 1.29 is 4.79 Å². The fourth-order valence-corrected chi connectivity index (χ4v) is 3.11. The monoisotopic (exact) mass is 358 g/mol. The number of amides is 1. The lowest BCUT2D eigenvalue weighted by molar-refractivity contribution is 0.0637. The minimum atomic E-state index is -0.0118. The van der Waals surface area contributed by atoms with E-state index in [1.54, 1.807) is 12.3 Å². The largest absolute Gasteiger partial charge is 0.355 e. The van der Waals surface area contributed by atoms with Crippen molar-refractivity contribution in [2.24, 2.45) is 0 Å². The fraction of sp³-hybridized carbons (Fsp3) is 0.368. The first-order valence-electron chi connectivity index (χ1n) is 8.57. The number of aromatic nitrogens is 1. The van der Waals surface area contributed by atoms with Crippen LogP contribution in [0.1, 0.15) is 23.0 Å². The predicted molar refractivity (Wildman–Crippen MR) is 102 cm³/mol. The van der Waals surface area contributed by atoms with E-state index in [2.05, 4.69) is 22.1 Å². The molecule has 0 unspecified atom stereocenters. The van der Waals surface area contributed by atoms with E-state index in [0.29, 0.717) is 10.7 Å². The van der Waals surface area contributed by atoms with Gasteiger partial charge in [0.1, 0.15) is 5.69 Å². The normalized spacial score (nSPS) is 15.2. The van der Waals surface area contributed by atoms with E-state index in [1.807, 2.05) is 36.1 Å². The third-order valence-electron chi connectivity index (χ3n) is 4.56. The number of carbonyl (C=O) groups is 1. The van der Waals surface area contributed by atoms with Crippen LogP contribution in [-0.2, 0) is 0 Å². The topological polar surface area (TPSA) is 48.5 Å². The van der Waals surface area contributed by atoms with E-state index in [0.717, 1.165) is 49.7 Å². The molecule has 2 aromatic rings. The van der Waals surface area contributed by atoms with Crippen molar-refractivity contribution in [2.45, 2.75) is 13.8 Å². The Labute approximate surface area is 153 Å². The molecule has 0 atom stereocenters. The van der Waals surface area contributed by atoms with Crippen molar-refractivity contribution in [1.29, 1.82) is 0 Å². The highest BCUT2D eigenvalue weighted by Crippen LogP contribution is 2.24. The van der Waals surface area contributed by atoms with Gasteiger partial charge in [0.25, 0.3) is 5.91 Å². The standard InChI is InChI=1S/C19H23ClN4O/c1-3-23-8-10-24(11-9-23)19(25)18-13-16(6-7-21-18)22-17-12-15(20)5-4-14(17)2/h4-7,12-13H,3,8-11H2,1-2H3,(H,21,22). The second kappa shape index (κ2) is 7.85. The summed E-state index contributed by atoms with van der Waals surface area (Å²) in [5, 5.41) is 4.00. The lowest BCUT2D eigenvalue weighted by atomic mass is 10.2. The lowest BCUT2D eigenvalue weighted by Crippen LogP contribution is -2.48. The fourth-order valence-electron chi connectivity index (χ4n) is 2.94. The van der Waals surface area contributed by atoms with Crippen LogP contribution in [0.15, 0.2) is 36.5 Å². The minimum absolute atomic E-state index is 0.0118. The number of aryl methyl sites for hydroxylation is 1. The number of carbonyl (C=O) groups excluding carboxylic acids is 1. The van der Waals surface area contributed by atoms with Crippen molar-refractivity contribution in [1.82, 2.24) is 14.8 Å². The number of rotatable bonds is 4. The summed E-state index contributed by atoms with van der Waals surface area (Å²) < 4.78 is 0. The number of hydrogen-bond donors (Lipinski definition) is 1. The number of hydrogen-bond acceptors (Lipinski definition) is 4. The number of nitrogens with one attached hydrogen (secondary N) is 1. The first-order valence-corrected chi connectivity index (χ1v) is 8.95. The summed E-state index contributed by atoms with van der Waals surface area (Å²) in [4.78, 5) is 21.2. The number of pyridine rings is 1. The van der Waals surface area contributed by atoms with Crippen LogP contribution < -0.4 is 5.32 Å². The zero-order valence-corrected chi connectivity index (χ0v) is 15.4. The van der Waals surface area contributed by atoms with Gasteiger partial charge in [-0.25, -0.2) is 0 Å². The summed E-state index contributed by atoms with van der Waals surface area (Å²) in [6, 6.07) is 9.36. The Morgan fingerprint density at radius 3 is 2.68 bits per heavy atom. The van der Waals surface area contributed by atoms with Crippen LogP contribution in [0.3, 0.4) is 0 Å². The Morgan fingerprint density at radius 2 is 1.96 bits per heavy atom. The molecule has 0 aliphatic carbocycles. The molecule has 3 rings (SSSR count). The molecule has 25 heavy (non-hydrogen) atoms. The van der Waals surface area contributed by atoms with Crippen molar-refractivity contribution in [2.75, 3.05) is 38.0 Å². The smallest absolute Gasteiger partial charge is 0.272 e. The molecule has 1 aromatic heterocycles. The zero-order valence-electron chi connectivity index (χ0n) is 14.6. The summed E-state index contributed by atoms with van der Waals surface area (Å²) in [5.74, 6) is -0.0118. The molecular formula is C19H23ClN4O. The number of piperazine rings is 1.